The molecule has 0 unspecified atom stereocenters. The van der Waals surface area contributed by atoms with Crippen LogP contribution in [0.1, 0.15) is 25.3 Å². The van der Waals surface area contributed by atoms with Crippen molar-refractivity contribution in [3.05, 3.63) is 54.1 Å². The summed E-state index contributed by atoms with van der Waals surface area (Å²) < 4.78 is 5.59. The molecule has 0 aliphatic rings. The minimum Gasteiger partial charge on any atom is -0.494 e. The molecule has 0 saturated heterocycles. The van der Waals surface area contributed by atoms with Crippen molar-refractivity contribution >= 4 is 17.3 Å². The molecule has 3 N–H and O–H groups in total. The predicted octanol–water partition coefficient (Wildman–Crippen LogP) is 3.63. The summed E-state index contributed by atoms with van der Waals surface area (Å²) in [6, 6.07) is 14.8. The van der Waals surface area contributed by atoms with Gasteiger partial charge in [-0.1, -0.05) is 25.5 Å². The normalized spacial score (nSPS) is 10.2. The maximum Gasteiger partial charge on any atom is 0.228 e. The maximum absolute atomic E-state index is 12.0. The van der Waals surface area contributed by atoms with E-state index in [4.69, 9.17) is 10.5 Å². The standard InChI is InChI=1S/C18H22N2O2/c1-2-3-12-22-17-10-8-16(9-11-17)20-18(21)13-14-4-6-15(19)7-5-14/h4-11H,2-3,12-13,19H2,1H3,(H,20,21). The molecule has 0 saturated carbocycles. The molecule has 2 aromatic carbocycles. The van der Waals surface area contributed by atoms with Gasteiger partial charge in [-0.05, 0) is 48.4 Å². The van der Waals surface area contributed by atoms with Crippen LogP contribution in [-0.2, 0) is 11.2 Å². The van der Waals surface area contributed by atoms with Gasteiger partial charge < -0.3 is 15.8 Å². The quantitative estimate of drug-likeness (QED) is 0.606. The zero-order chi connectivity index (χ0) is 15.8. The van der Waals surface area contributed by atoms with Crippen LogP contribution in [0.2, 0.25) is 0 Å². The van der Waals surface area contributed by atoms with Crippen molar-refractivity contribution in [3.63, 3.8) is 0 Å². The Hall–Kier alpha value is -2.49. The fourth-order valence-electron chi connectivity index (χ4n) is 1.99. The third kappa shape index (κ3) is 5.13. The Bertz CT molecular complexity index is 591. The number of unbranched alkanes of at least 4 members (excludes halogenated alkanes) is 1. The molecule has 116 valence electrons. The monoisotopic (exact) mass is 298 g/mol. The largest absolute Gasteiger partial charge is 0.494 e. The van der Waals surface area contributed by atoms with E-state index < -0.39 is 0 Å². The Morgan fingerprint density at radius 1 is 1.09 bits per heavy atom. The molecule has 4 heteroatoms. The van der Waals surface area contributed by atoms with Crippen molar-refractivity contribution in [2.75, 3.05) is 17.7 Å². The van der Waals surface area contributed by atoms with Gasteiger partial charge in [-0.2, -0.15) is 0 Å². The summed E-state index contributed by atoms with van der Waals surface area (Å²) in [6.45, 7) is 2.85. The van der Waals surface area contributed by atoms with Gasteiger partial charge in [0.2, 0.25) is 5.91 Å². The number of nitrogen functional groups attached to an aromatic ring is 1. The fourth-order valence-corrected chi connectivity index (χ4v) is 1.99. The second-order valence-electron chi connectivity index (χ2n) is 5.19. The average molecular weight is 298 g/mol. The van der Waals surface area contributed by atoms with Crippen LogP contribution in [0.3, 0.4) is 0 Å². The van der Waals surface area contributed by atoms with Crippen molar-refractivity contribution < 1.29 is 9.53 Å². The second-order valence-corrected chi connectivity index (χ2v) is 5.19. The van der Waals surface area contributed by atoms with Crippen molar-refractivity contribution in [1.29, 1.82) is 0 Å². The summed E-state index contributed by atoms with van der Waals surface area (Å²) in [5.74, 6) is 0.773. The minimum atomic E-state index is -0.0515. The minimum absolute atomic E-state index is 0.0515. The van der Waals surface area contributed by atoms with E-state index in [0.717, 1.165) is 36.4 Å². The van der Waals surface area contributed by atoms with Crippen molar-refractivity contribution in [1.82, 2.24) is 0 Å². The second kappa shape index (κ2) is 8.08. The average Bonchev–Trinajstić information content (AvgIpc) is 2.51. The lowest BCUT2D eigenvalue weighted by molar-refractivity contribution is -0.115. The third-order valence-electron chi connectivity index (χ3n) is 3.25. The zero-order valence-electron chi connectivity index (χ0n) is 12.8. The predicted molar refractivity (Wildman–Crippen MR) is 90.0 cm³/mol. The van der Waals surface area contributed by atoms with Crippen LogP contribution in [0.25, 0.3) is 0 Å². The number of nitrogens with two attached hydrogens (primary N) is 1. The molecule has 2 rings (SSSR count). The van der Waals surface area contributed by atoms with Crippen LogP contribution in [0.4, 0.5) is 11.4 Å². The number of rotatable bonds is 7. The molecule has 2 aromatic rings. The molecule has 0 aliphatic heterocycles. The summed E-state index contributed by atoms with van der Waals surface area (Å²) >= 11 is 0. The Balaban J connectivity index is 1.84. The van der Waals surface area contributed by atoms with Gasteiger partial charge in [-0.3, -0.25) is 4.79 Å². The van der Waals surface area contributed by atoms with Gasteiger partial charge in [0.15, 0.2) is 0 Å². The fraction of sp³-hybridized carbons (Fsp3) is 0.278. The number of ether oxygens (including phenoxy) is 1. The Kier molecular flexibility index (Phi) is 5.83. The van der Waals surface area contributed by atoms with Gasteiger partial charge >= 0.3 is 0 Å². The summed E-state index contributed by atoms with van der Waals surface area (Å²) in [6.07, 6.45) is 2.48. The van der Waals surface area contributed by atoms with Crippen molar-refractivity contribution in [2.24, 2.45) is 0 Å². The van der Waals surface area contributed by atoms with Crippen LogP contribution in [0, 0.1) is 0 Å². The molecule has 0 aliphatic carbocycles. The SMILES string of the molecule is CCCCOc1ccc(NC(=O)Cc2ccc(N)cc2)cc1. The summed E-state index contributed by atoms with van der Waals surface area (Å²) in [4.78, 5) is 12.0. The molecule has 0 heterocycles. The molecule has 0 aromatic heterocycles. The molecule has 22 heavy (non-hydrogen) atoms. The van der Waals surface area contributed by atoms with Gasteiger partial charge in [0.1, 0.15) is 5.75 Å². The van der Waals surface area contributed by atoms with Crippen molar-refractivity contribution in [3.8, 4) is 5.75 Å². The third-order valence-corrected chi connectivity index (χ3v) is 3.25. The Morgan fingerprint density at radius 2 is 1.77 bits per heavy atom. The molecule has 0 spiro atoms. The highest BCUT2D eigenvalue weighted by Gasteiger charge is 2.04. The lowest BCUT2D eigenvalue weighted by Gasteiger charge is -2.08. The van der Waals surface area contributed by atoms with E-state index in [1.807, 2.05) is 36.4 Å². The first-order chi connectivity index (χ1) is 10.7. The smallest absolute Gasteiger partial charge is 0.228 e. The maximum atomic E-state index is 12.0. The van der Waals surface area contributed by atoms with E-state index in [1.165, 1.54) is 0 Å². The Labute approximate surface area is 131 Å². The number of anilines is 2. The number of benzene rings is 2. The molecule has 0 fully saturated rings. The van der Waals surface area contributed by atoms with Gasteiger partial charge in [-0.25, -0.2) is 0 Å². The lowest BCUT2D eigenvalue weighted by atomic mass is 10.1. The highest BCUT2D eigenvalue weighted by molar-refractivity contribution is 5.92. The van der Waals surface area contributed by atoms with Gasteiger partial charge in [-0.15, -0.1) is 0 Å². The highest BCUT2D eigenvalue weighted by atomic mass is 16.5. The number of nitrogens with one attached hydrogen (secondary N) is 1. The summed E-state index contributed by atoms with van der Waals surface area (Å²) in [5.41, 5.74) is 8.03. The zero-order valence-corrected chi connectivity index (χ0v) is 12.8. The van der Waals surface area contributed by atoms with E-state index >= 15 is 0 Å². The van der Waals surface area contributed by atoms with Crippen LogP contribution in [0.5, 0.6) is 5.75 Å². The molecule has 4 nitrogen and oxygen atoms in total. The molecule has 0 bridgehead atoms. The number of carbonyl (C=O) groups excluding carboxylic acids is 1. The number of carbonyl (C=O) groups is 1. The highest BCUT2D eigenvalue weighted by Crippen LogP contribution is 2.16. The van der Waals surface area contributed by atoms with Crippen LogP contribution < -0.4 is 15.8 Å². The Morgan fingerprint density at radius 3 is 2.41 bits per heavy atom. The number of hydrogen-bond donors (Lipinski definition) is 2. The number of hydrogen-bond acceptors (Lipinski definition) is 3. The first-order valence-corrected chi connectivity index (χ1v) is 7.54. The van der Waals surface area contributed by atoms with Gasteiger partial charge in [0.25, 0.3) is 0 Å². The van der Waals surface area contributed by atoms with E-state index in [0.29, 0.717) is 12.1 Å². The van der Waals surface area contributed by atoms with Crippen LogP contribution in [0.15, 0.2) is 48.5 Å². The lowest BCUT2D eigenvalue weighted by Crippen LogP contribution is -2.14. The summed E-state index contributed by atoms with van der Waals surface area (Å²) in [7, 11) is 0. The molecular weight excluding hydrogens is 276 g/mol. The van der Waals surface area contributed by atoms with Crippen LogP contribution >= 0.6 is 0 Å². The molecular formula is C18H22N2O2. The van der Waals surface area contributed by atoms with Gasteiger partial charge in [0.05, 0.1) is 13.0 Å². The molecule has 1 amide bonds. The van der Waals surface area contributed by atoms with E-state index in [2.05, 4.69) is 12.2 Å². The first-order valence-electron chi connectivity index (χ1n) is 7.54. The van der Waals surface area contributed by atoms with E-state index in [9.17, 15) is 4.79 Å². The van der Waals surface area contributed by atoms with Crippen molar-refractivity contribution in [2.45, 2.75) is 26.2 Å². The van der Waals surface area contributed by atoms with Crippen LogP contribution in [-0.4, -0.2) is 12.5 Å². The summed E-state index contributed by atoms with van der Waals surface area (Å²) in [5, 5.41) is 2.87. The first kappa shape index (κ1) is 15.9. The van der Waals surface area contributed by atoms with E-state index in [1.54, 1.807) is 12.1 Å². The number of amides is 1. The van der Waals surface area contributed by atoms with Gasteiger partial charge in [0, 0.05) is 11.4 Å². The van der Waals surface area contributed by atoms with E-state index in [-0.39, 0.29) is 5.91 Å². The molecule has 0 radical (unpaired) electrons. The molecule has 0 atom stereocenters. The topological polar surface area (TPSA) is 64.3 Å².